The van der Waals surface area contributed by atoms with Crippen LogP contribution in [0.1, 0.15) is 16.7 Å². The summed E-state index contributed by atoms with van der Waals surface area (Å²) in [6.45, 7) is 7.18. The topological polar surface area (TPSA) is 70.3 Å². The minimum absolute atomic E-state index is 0.0718. The predicted molar refractivity (Wildman–Crippen MR) is 127 cm³/mol. The molecule has 3 aromatic rings. The highest BCUT2D eigenvalue weighted by Crippen LogP contribution is 2.36. The van der Waals surface area contributed by atoms with Crippen molar-refractivity contribution in [2.24, 2.45) is 0 Å². The summed E-state index contributed by atoms with van der Waals surface area (Å²) >= 11 is 6.11. The van der Waals surface area contributed by atoms with E-state index in [4.69, 9.17) is 17.3 Å². The molecule has 2 heterocycles. The average Bonchev–Trinajstić information content (AvgIpc) is 2.78. The molecule has 4 rings (SSSR count). The first-order valence-electron chi connectivity index (χ1n) is 10.5. The quantitative estimate of drug-likeness (QED) is 0.524. The maximum absolute atomic E-state index is 13.1. The zero-order chi connectivity index (χ0) is 23.8. The predicted octanol–water partition coefficient (Wildman–Crippen LogP) is 5.42. The van der Waals surface area contributed by atoms with E-state index in [1.807, 2.05) is 0 Å². The van der Waals surface area contributed by atoms with E-state index in [1.165, 1.54) is 29.2 Å². The molecule has 1 fully saturated rings. The van der Waals surface area contributed by atoms with Gasteiger partial charge in [-0.15, -0.1) is 0 Å². The highest BCUT2D eigenvalue weighted by atomic mass is 35.5. The van der Waals surface area contributed by atoms with Crippen LogP contribution < -0.4 is 20.9 Å². The van der Waals surface area contributed by atoms with E-state index in [2.05, 4.69) is 57.1 Å². The van der Waals surface area contributed by atoms with Gasteiger partial charge in [-0.05, 0) is 49.2 Å². The molecule has 0 aliphatic carbocycles. The SMILES string of the molecule is Cc1cccc(N2CCN(c3ncnc(Nc4cc(C(F)(F)F)ccc4Cl)c3N)CC2)c1C. The summed E-state index contributed by atoms with van der Waals surface area (Å²) in [5.74, 6) is 0.745. The Bertz CT molecular complexity index is 1160. The number of hydrogen-bond acceptors (Lipinski definition) is 6. The summed E-state index contributed by atoms with van der Waals surface area (Å²) in [5.41, 5.74) is 9.55. The number of alkyl halides is 3. The number of benzene rings is 2. The fourth-order valence-electron chi connectivity index (χ4n) is 3.90. The van der Waals surface area contributed by atoms with Gasteiger partial charge in [0.25, 0.3) is 0 Å². The van der Waals surface area contributed by atoms with E-state index in [0.717, 1.165) is 25.2 Å². The molecule has 0 spiro atoms. The molecule has 1 aliphatic heterocycles. The first-order chi connectivity index (χ1) is 15.6. The summed E-state index contributed by atoms with van der Waals surface area (Å²) in [5, 5.41) is 2.96. The second-order valence-electron chi connectivity index (χ2n) is 7.97. The first kappa shape index (κ1) is 23.0. The molecule has 0 bridgehead atoms. The van der Waals surface area contributed by atoms with Crippen LogP contribution in [0.2, 0.25) is 5.02 Å². The van der Waals surface area contributed by atoms with Gasteiger partial charge >= 0.3 is 6.18 Å². The highest BCUT2D eigenvalue weighted by Gasteiger charge is 2.31. The van der Waals surface area contributed by atoms with Crippen LogP contribution in [-0.4, -0.2) is 36.1 Å². The standard InChI is InChI=1S/C23H24ClF3N6/c1-14-4-3-5-19(15(14)2)32-8-10-33(11-9-32)22-20(28)21(29-13-30-22)31-18-12-16(23(25,26)27)6-7-17(18)24/h3-7,12-13H,8-11,28H2,1-2H3,(H,29,30,31). The van der Waals surface area contributed by atoms with Gasteiger partial charge in [-0.3, -0.25) is 0 Å². The van der Waals surface area contributed by atoms with Crippen LogP contribution in [0.5, 0.6) is 0 Å². The van der Waals surface area contributed by atoms with Crippen molar-refractivity contribution in [3.05, 3.63) is 64.4 Å². The molecule has 33 heavy (non-hydrogen) atoms. The molecule has 0 saturated carbocycles. The highest BCUT2D eigenvalue weighted by molar-refractivity contribution is 6.33. The van der Waals surface area contributed by atoms with Gasteiger partial charge in [0.15, 0.2) is 11.6 Å². The molecular formula is C23H24ClF3N6. The molecule has 0 atom stereocenters. The third-order valence-electron chi connectivity index (χ3n) is 5.91. The van der Waals surface area contributed by atoms with Crippen molar-refractivity contribution in [3.63, 3.8) is 0 Å². The van der Waals surface area contributed by atoms with E-state index in [1.54, 1.807) is 0 Å². The van der Waals surface area contributed by atoms with Crippen LogP contribution in [0, 0.1) is 13.8 Å². The molecule has 1 aliphatic rings. The minimum Gasteiger partial charge on any atom is -0.393 e. The Kier molecular flexibility index (Phi) is 6.25. The van der Waals surface area contributed by atoms with Gasteiger partial charge in [-0.25, -0.2) is 9.97 Å². The second kappa shape index (κ2) is 8.97. The Hall–Kier alpha value is -3.20. The number of hydrogen-bond donors (Lipinski definition) is 2. The smallest absolute Gasteiger partial charge is 0.393 e. The molecule has 10 heteroatoms. The van der Waals surface area contributed by atoms with Crippen molar-refractivity contribution in [1.29, 1.82) is 0 Å². The zero-order valence-corrected chi connectivity index (χ0v) is 19.0. The normalized spacial score (nSPS) is 14.5. The van der Waals surface area contributed by atoms with Crippen molar-refractivity contribution in [1.82, 2.24) is 9.97 Å². The van der Waals surface area contributed by atoms with Gasteiger partial charge in [0.05, 0.1) is 16.3 Å². The molecule has 2 aromatic carbocycles. The second-order valence-corrected chi connectivity index (χ2v) is 8.38. The fourth-order valence-corrected chi connectivity index (χ4v) is 4.06. The molecule has 0 amide bonds. The maximum atomic E-state index is 13.1. The van der Waals surface area contributed by atoms with Crippen molar-refractivity contribution in [2.75, 3.05) is 47.0 Å². The monoisotopic (exact) mass is 476 g/mol. The molecule has 3 N–H and O–H groups in total. The van der Waals surface area contributed by atoms with Crippen molar-refractivity contribution in [2.45, 2.75) is 20.0 Å². The van der Waals surface area contributed by atoms with Crippen LogP contribution in [0.4, 0.5) is 41.9 Å². The molecule has 0 unspecified atom stereocenters. The first-order valence-corrected chi connectivity index (χ1v) is 10.8. The minimum atomic E-state index is -4.49. The van der Waals surface area contributed by atoms with Gasteiger partial charge in [0.2, 0.25) is 0 Å². The molecular weight excluding hydrogens is 453 g/mol. The van der Waals surface area contributed by atoms with Gasteiger partial charge in [-0.2, -0.15) is 13.2 Å². The zero-order valence-electron chi connectivity index (χ0n) is 18.2. The lowest BCUT2D eigenvalue weighted by Gasteiger charge is -2.38. The van der Waals surface area contributed by atoms with E-state index in [-0.39, 0.29) is 22.2 Å². The molecule has 1 aromatic heterocycles. The summed E-state index contributed by atoms with van der Waals surface area (Å²) in [6.07, 6.45) is -3.15. The molecule has 6 nitrogen and oxygen atoms in total. The lowest BCUT2D eigenvalue weighted by molar-refractivity contribution is -0.137. The summed E-state index contributed by atoms with van der Waals surface area (Å²) in [6, 6.07) is 9.34. The summed E-state index contributed by atoms with van der Waals surface area (Å²) in [7, 11) is 0. The summed E-state index contributed by atoms with van der Waals surface area (Å²) < 4.78 is 39.3. The van der Waals surface area contributed by atoms with E-state index in [0.29, 0.717) is 18.9 Å². The van der Waals surface area contributed by atoms with E-state index in [9.17, 15) is 13.2 Å². The number of nitrogens with one attached hydrogen (secondary N) is 1. The van der Waals surface area contributed by atoms with E-state index < -0.39 is 11.7 Å². The number of nitrogens with zero attached hydrogens (tertiary/aromatic N) is 4. The molecule has 0 radical (unpaired) electrons. The molecule has 174 valence electrons. The van der Waals surface area contributed by atoms with Crippen LogP contribution in [0.25, 0.3) is 0 Å². The van der Waals surface area contributed by atoms with Crippen LogP contribution >= 0.6 is 11.6 Å². The van der Waals surface area contributed by atoms with Gasteiger partial charge < -0.3 is 20.9 Å². The number of nitrogen functional groups attached to an aromatic ring is 1. The number of anilines is 5. The Labute approximate surface area is 195 Å². The third kappa shape index (κ3) is 4.78. The Morgan fingerprint density at radius 3 is 2.39 bits per heavy atom. The molecule has 1 saturated heterocycles. The van der Waals surface area contributed by atoms with Crippen molar-refractivity contribution in [3.8, 4) is 0 Å². The number of aryl methyl sites for hydroxylation is 1. The lowest BCUT2D eigenvalue weighted by atomic mass is 10.1. The Morgan fingerprint density at radius 2 is 1.70 bits per heavy atom. The largest absolute Gasteiger partial charge is 0.416 e. The van der Waals surface area contributed by atoms with E-state index >= 15 is 0 Å². The number of rotatable bonds is 4. The van der Waals surface area contributed by atoms with Crippen molar-refractivity contribution >= 4 is 40.3 Å². The number of halogens is 4. The number of aromatic nitrogens is 2. The average molecular weight is 477 g/mol. The van der Waals surface area contributed by atoms with Gasteiger partial charge in [0, 0.05) is 31.9 Å². The Morgan fingerprint density at radius 1 is 1.00 bits per heavy atom. The number of nitrogens with two attached hydrogens (primary N) is 1. The lowest BCUT2D eigenvalue weighted by Crippen LogP contribution is -2.47. The van der Waals surface area contributed by atoms with Gasteiger partial charge in [0.1, 0.15) is 12.0 Å². The van der Waals surface area contributed by atoms with Crippen molar-refractivity contribution < 1.29 is 13.2 Å². The Balaban J connectivity index is 1.52. The van der Waals surface area contributed by atoms with Crippen LogP contribution in [0.15, 0.2) is 42.7 Å². The fraction of sp³-hybridized carbons (Fsp3) is 0.304. The third-order valence-corrected chi connectivity index (χ3v) is 6.24. The van der Waals surface area contributed by atoms with Gasteiger partial charge in [-0.1, -0.05) is 23.7 Å². The summed E-state index contributed by atoms with van der Waals surface area (Å²) in [4.78, 5) is 12.8. The number of piperazine rings is 1. The van der Waals surface area contributed by atoms with Crippen LogP contribution in [-0.2, 0) is 6.18 Å². The maximum Gasteiger partial charge on any atom is 0.416 e. The van der Waals surface area contributed by atoms with Crippen LogP contribution in [0.3, 0.4) is 0 Å².